The fourth-order valence-corrected chi connectivity index (χ4v) is 2.22. The highest BCUT2D eigenvalue weighted by atomic mass is 16.5. The monoisotopic (exact) mass is 307 g/mol. The Balaban J connectivity index is 2.16. The molecule has 0 bridgehead atoms. The molecule has 2 rings (SSSR count). The lowest BCUT2D eigenvalue weighted by Gasteiger charge is -2.14. The zero-order valence-electron chi connectivity index (χ0n) is 13.3. The van der Waals surface area contributed by atoms with Gasteiger partial charge < -0.3 is 4.74 Å². The van der Waals surface area contributed by atoms with Gasteiger partial charge in [0.25, 0.3) is 0 Å². The van der Waals surface area contributed by atoms with Gasteiger partial charge in [0.15, 0.2) is 6.10 Å². The molecule has 0 amide bonds. The molecular weight excluding hydrogens is 290 g/mol. The Morgan fingerprint density at radius 3 is 2.57 bits per heavy atom. The van der Waals surface area contributed by atoms with E-state index < -0.39 is 12.1 Å². The summed E-state index contributed by atoms with van der Waals surface area (Å²) >= 11 is 0. The van der Waals surface area contributed by atoms with Gasteiger partial charge in [-0.25, -0.2) is 4.79 Å². The van der Waals surface area contributed by atoms with E-state index in [1.54, 1.807) is 31.2 Å². The Morgan fingerprint density at radius 1 is 1.13 bits per heavy atom. The van der Waals surface area contributed by atoms with Gasteiger partial charge in [-0.05, 0) is 50.6 Å². The molecule has 0 N–H and O–H groups in total. The number of carbonyl (C=O) groups excluding carboxylic acids is 2. The summed E-state index contributed by atoms with van der Waals surface area (Å²) in [6, 6.07) is 13.7. The molecule has 1 atom stereocenters. The van der Waals surface area contributed by atoms with Crippen molar-refractivity contribution >= 4 is 11.8 Å². The summed E-state index contributed by atoms with van der Waals surface area (Å²) in [4.78, 5) is 24.6. The number of aryl methyl sites for hydroxylation is 2. The first-order valence-corrected chi connectivity index (χ1v) is 7.25. The topological polar surface area (TPSA) is 67.2 Å². The lowest BCUT2D eigenvalue weighted by atomic mass is 9.99. The van der Waals surface area contributed by atoms with Gasteiger partial charge in [-0.3, -0.25) is 4.79 Å². The molecule has 0 fully saturated rings. The minimum Gasteiger partial charge on any atom is -0.451 e. The molecule has 116 valence electrons. The Bertz CT molecular complexity index is 803. The van der Waals surface area contributed by atoms with Crippen LogP contribution in [-0.4, -0.2) is 17.9 Å². The molecule has 0 saturated heterocycles. The van der Waals surface area contributed by atoms with Crippen LogP contribution in [0.25, 0.3) is 0 Å². The lowest BCUT2D eigenvalue weighted by molar-refractivity contribution is 0.0318. The first-order valence-electron chi connectivity index (χ1n) is 7.25. The quantitative estimate of drug-likeness (QED) is 0.639. The van der Waals surface area contributed by atoms with Gasteiger partial charge in [-0.15, -0.1) is 0 Å². The van der Waals surface area contributed by atoms with Gasteiger partial charge in [0.05, 0.1) is 17.2 Å². The number of ketones is 1. The summed E-state index contributed by atoms with van der Waals surface area (Å²) in [7, 11) is 0. The van der Waals surface area contributed by atoms with Crippen LogP contribution in [0.4, 0.5) is 0 Å². The molecule has 2 aromatic rings. The lowest BCUT2D eigenvalue weighted by Crippen LogP contribution is -2.25. The summed E-state index contributed by atoms with van der Waals surface area (Å²) in [5.41, 5.74) is 2.99. The molecule has 0 spiro atoms. The molecule has 4 nitrogen and oxygen atoms in total. The Labute approximate surface area is 135 Å². The molecule has 2 aromatic carbocycles. The zero-order valence-corrected chi connectivity index (χ0v) is 13.3. The van der Waals surface area contributed by atoms with E-state index in [-0.39, 0.29) is 11.3 Å². The number of rotatable bonds is 4. The van der Waals surface area contributed by atoms with Gasteiger partial charge in [-0.2, -0.15) is 5.26 Å². The van der Waals surface area contributed by atoms with Crippen LogP contribution in [0.1, 0.15) is 44.3 Å². The predicted octanol–water partition coefficient (Wildman–Crippen LogP) is 3.60. The normalized spacial score (nSPS) is 11.4. The Kier molecular flexibility index (Phi) is 4.92. The number of nitriles is 1. The largest absolute Gasteiger partial charge is 0.451 e. The predicted molar refractivity (Wildman–Crippen MR) is 86.3 cm³/mol. The maximum absolute atomic E-state index is 12.5. The van der Waals surface area contributed by atoms with Crippen molar-refractivity contribution < 1.29 is 14.3 Å². The Morgan fingerprint density at radius 2 is 1.87 bits per heavy atom. The third kappa shape index (κ3) is 3.83. The standard InChI is InChI=1S/C19H17NO3/c1-12-7-8-13(2)17(9-12)18(21)14(3)23-19(22)16-6-4-5-15(10-16)11-20/h4-10,14H,1-3H3/t14-/m1/s1. The van der Waals surface area contributed by atoms with Crippen LogP contribution in [0.3, 0.4) is 0 Å². The number of ether oxygens (including phenoxy) is 1. The maximum Gasteiger partial charge on any atom is 0.338 e. The molecule has 0 heterocycles. The molecule has 0 saturated carbocycles. The minimum absolute atomic E-state index is 0.240. The smallest absolute Gasteiger partial charge is 0.338 e. The highest BCUT2D eigenvalue weighted by molar-refractivity contribution is 6.02. The minimum atomic E-state index is -0.895. The van der Waals surface area contributed by atoms with E-state index >= 15 is 0 Å². The van der Waals surface area contributed by atoms with Crippen molar-refractivity contribution in [2.45, 2.75) is 26.9 Å². The van der Waals surface area contributed by atoms with Crippen LogP contribution in [0.5, 0.6) is 0 Å². The Hall–Kier alpha value is -2.93. The average Bonchev–Trinajstić information content (AvgIpc) is 2.56. The number of nitrogens with zero attached hydrogens (tertiary/aromatic N) is 1. The molecule has 0 unspecified atom stereocenters. The summed E-state index contributed by atoms with van der Waals surface area (Å²) in [6.45, 7) is 5.30. The molecular formula is C19H17NO3. The summed E-state index contributed by atoms with van der Waals surface area (Å²) < 4.78 is 5.25. The van der Waals surface area contributed by atoms with E-state index in [2.05, 4.69) is 0 Å². The second kappa shape index (κ2) is 6.89. The van der Waals surface area contributed by atoms with E-state index in [0.29, 0.717) is 11.1 Å². The molecule has 0 aliphatic carbocycles. The molecule has 4 heteroatoms. The summed E-state index contributed by atoms with van der Waals surface area (Å²) in [6.07, 6.45) is -0.895. The zero-order chi connectivity index (χ0) is 17.0. The first-order chi connectivity index (χ1) is 10.9. The van der Waals surface area contributed by atoms with E-state index in [4.69, 9.17) is 10.00 Å². The molecule has 0 aliphatic rings. The van der Waals surface area contributed by atoms with Gasteiger partial charge in [0.1, 0.15) is 0 Å². The second-order valence-corrected chi connectivity index (χ2v) is 5.42. The van der Waals surface area contributed by atoms with Crippen LogP contribution in [0.2, 0.25) is 0 Å². The summed E-state index contributed by atoms with van der Waals surface area (Å²) in [5.74, 6) is -0.857. The van der Waals surface area contributed by atoms with Crippen molar-refractivity contribution in [3.8, 4) is 6.07 Å². The van der Waals surface area contributed by atoms with Crippen molar-refractivity contribution in [1.29, 1.82) is 5.26 Å². The molecule has 0 radical (unpaired) electrons. The fraction of sp³-hybridized carbons (Fsp3) is 0.211. The van der Waals surface area contributed by atoms with E-state index in [1.165, 1.54) is 6.07 Å². The fourth-order valence-electron chi connectivity index (χ4n) is 2.22. The first kappa shape index (κ1) is 16.4. The number of benzene rings is 2. The van der Waals surface area contributed by atoms with E-state index in [0.717, 1.165) is 11.1 Å². The van der Waals surface area contributed by atoms with Crippen molar-refractivity contribution in [3.63, 3.8) is 0 Å². The third-order valence-corrected chi connectivity index (χ3v) is 3.54. The molecule has 0 aliphatic heterocycles. The molecule has 23 heavy (non-hydrogen) atoms. The van der Waals surface area contributed by atoms with Gasteiger partial charge in [0, 0.05) is 5.56 Å². The van der Waals surface area contributed by atoms with Crippen LogP contribution < -0.4 is 0 Å². The van der Waals surface area contributed by atoms with E-state index in [1.807, 2.05) is 32.0 Å². The maximum atomic E-state index is 12.5. The van der Waals surface area contributed by atoms with Crippen molar-refractivity contribution in [3.05, 3.63) is 70.3 Å². The van der Waals surface area contributed by atoms with Crippen molar-refractivity contribution in [2.75, 3.05) is 0 Å². The van der Waals surface area contributed by atoms with Crippen LogP contribution in [0, 0.1) is 25.2 Å². The average molecular weight is 307 g/mol. The third-order valence-electron chi connectivity index (χ3n) is 3.54. The number of Topliss-reactive ketones (excluding diaryl/α,β-unsaturated/α-hetero) is 1. The highest BCUT2D eigenvalue weighted by Crippen LogP contribution is 2.15. The van der Waals surface area contributed by atoms with Crippen LogP contribution in [-0.2, 0) is 4.74 Å². The van der Waals surface area contributed by atoms with Crippen molar-refractivity contribution in [1.82, 2.24) is 0 Å². The van der Waals surface area contributed by atoms with Gasteiger partial charge in [0.2, 0.25) is 5.78 Å². The second-order valence-electron chi connectivity index (χ2n) is 5.42. The van der Waals surface area contributed by atoms with Gasteiger partial charge >= 0.3 is 5.97 Å². The number of hydrogen-bond acceptors (Lipinski definition) is 4. The summed E-state index contributed by atoms with van der Waals surface area (Å²) in [5, 5.41) is 8.86. The number of carbonyl (C=O) groups is 2. The van der Waals surface area contributed by atoms with Crippen LogP contribution >= 0.6 is 0 Å². The van der Waals surface area contributed by atoms with Crippen molar-refractivity contribution in [2.24, 2.45) is 0 Å². The van der Waals surface area contributed by atoms with Gasteiger partial charge in [-0.1, -0.05) is 23.8 Å². The van der Waals surface area contributed by atoms with E-state index in [9.17, 15) is 9.59 Å². The highest BCUT2D eigenvalue weighted by Gasteiger charge is 2.22. The number of hydrogen-bond donors (Lipinski definition) is 0. The number of esters is 1. The van der Waals surface area contributed by atoms with Crippen LogP contribution in [0.15, 0.2) is 42.5 Å². The molecule has 0 aromatic heterocycles. The SMILES string of the molecule is Cc1ccc(C)c(C(=O)[C@@H](C)OC(=O)c2cccc(C#N)c2)c1.